The summed E-state index contributed by atoms with van der Waals surface area (Å²) in [6.07, 6.45) is 4.84. The van der Waals surface area contributed by atoms with Crippen molar-refractivity contribution in [1.82, 2.24) is 0 Å². The zero-order chi connectivity index (χ0) is 9.97. The normalized spacial score (nSPS) is 18.6. The molecule has 2 rings (SSSR count). The largest absolute Gasteiger partial charge is 0.495 e. The van der Waals surface area contributed by atoms with Gasteiger partial charge in [0, 0.05) is 5.56 Å². The van der Waals surface area contributed by atoms with E-state index in [1.54, 1.807) is 6.26 Å². The van der Waals surface area contributed by atoms with Gasteiger partial charge in [-0.15, -0.1) is 0 Å². The Morgan fingerprint density at radius 3 is 2.93 bits per heavy atom. The van der Waals surface area contributed by atoms with Crippen LogP contribution in [-0.2, 0) is 4.74 Å². The molecule has 14 heavy (non-hydrogen) atoms. The van der Waals surface area contributed by atoms with Crippen molar-refractivity contribution in [2.45, 2.75) is 25.9 Å². The quantitative estimate of drug-likeness (QED) is 0.785. The van der Waals surface area contributed by atoms with Crippen molar-refractivity contribution in [3.05, 3.63) is 35.5 Å². The first-order valence-electron chi connectivity index (χ1n) is 4.83. The van der Waals surface area contributed by atoms with Crippen LogP contribution in [-0.4, -0.2) is 11.7 Å². The van der Waals surface area contributed by atoms with Gasteiger partial charge in [-0.1, -0.05) is 0 Å². The number of hydrogen-bond acceptors (Lipinski definition) is 3. The summed E-state index contributed by atoms with van der Waals surface area (Å²) < 4.78 is 10.5. The van der Waals surface area contributed by atoms with Crippen LogP contribution in [0.1, 0.15) is 30.3 Å². The number of furan rings is 1. The zero-order valence-electron chi connectivity index (χ0n) is 8.19. The predicted molar refractivity (Wildman–Crippen MR) is 51.7 cm³/mol. The second kappa shape index (κ2) is 3.88. The van der Waals surface area contributed by atoms with Crippen LogP contribution in [0.2, 0.25) is 0 Å². The Hall–Kier alpha value is -1.22. The van der Waals surface area contributed by atoms with Crippen molar-refractivity contribution < 1.29 is 14.3 Å². The van der Waals surface area contributed by atoms with Crippen LogP contribution in [0.5, 0.6) is 0 Å². The second-order valence-corrected chi connectivity index (χ2v) is 3.49. The topological polar surface area (TPSA) is 42.6 Å². The Balaban J connectivity index is 2.14. The Labute approximate surface area is 83.0 Å². The number of ether oxygens (including phenoxy) is 1. The molecular formula is C11H14O3. The molecule has 1 unspecified atom stereocenters. The lowest BCUT2D eigenvalue weighted by atomic mass is 10.1. The highest BCUT2D eigenvalue weighted by molar-refractivity contribution is 5.22. The minimum atomic E-state index is -0.673. The van der Waals surface area contributed by atoms with E-state index in [-0.39, 0.29) is 0 Å². The maximum Gasteiger partial charge on any atom is 0.139 e. The second-order valence-electron chi connectivity index (χ2n) is 3.49. The van der Waals surface area contributed by atoms with E-state index in [4.69, 9.17) is 9.15 Å². The lowest BCUT2D eigenvalue weighted by Crippen LogP contribution is -2.09. The highest BCUT2D eigenvalue weighted by Gasteiger charge is 2.18. The smallest absolute Gasteiger partial charge is 0.139 e. The Morgan fingerprint density at radius 1 is 1.50 bits per heavy atom. The van der Waals surface area contributed by atoms with Crippen LogP contribution in [0, 0.1) is 6.92 Å². The van der Waals surface area contributed by atoms with Gasteiger partial charge < -0.3 is 14.3 Å². The van der Waals surface area contributed by atoms with Crippen molar-refractivity contribution in [2.24, 2.45) is 0 Å². The molecule has 0 fully saturated rings. The molecule has 1 N–H and O–H groups in total. The van der Waals surface area contributed by atoms with Crippen molar-refractivity contribution >= 4 is 0 Å². The summed E-state index contributed by atoms with van der Waals surface area (Å²) in [5.74, 6) is 1.45. The van der Waals surface area contributed by atoms with Gasteiger partial charge in [0.2, 0.25) is 0 Å². The molecular weight excluding hydrogens is 180 g/mol. The molecule has 0 aliphatic carbocycles. The van der Waals surface area contributed by atoms with Gasteiger partial charge in [0.1, 0.15) is 17.6 Å². The van der Waals surface area contributed by atoms with Gasteiger partial charge in [-0.25, -0.2) is 0 Å². The first kappa shape index (κ1) is 9.34. The highest BCUT2D eigenvalue weighted by Crippen LogP contribution is 2.26. The van der Waals surface area contributed by atoms with Gasteiger partial charge in [-0.2, -0.15) is 0 Å². The van der Waals surface area contributed by atoms with E-state index in [9.17, 15) is 5.11 Å². The van der Waals surface area contributed by atoms with E-state index in [0.29, 0.717) is 12.4 Å². The van der Waals surface area contributed by atoms with Gasteiger partial charge in [0.15, 0.2) is 0 Å². The monoisotopic (exact) mass is 194 g/mol. The molecule has 0 saturated carbocycles. The third-order valence-electron chi connectivity index (χ3n) is 2.30. The number of rotatable bonds is 2. The van der Waals surface area contributed by atoms with Crippen LogP contribution in [0.4, 0.5) is 0 Å². The Morgan fingerprint density at radius 2 is 2.36 bits per heavy atom. The van der Waals surface area contributed by atoms with Crippen LogP contribution < -0.4 is 0 Å². The molecule has 3 heteroatoms. The van der Waals surface area contributed by atoms with Gasteiger partial charge in [0.25, 0.3) is 0 Å². The molecule has 1 aliphatic rings. The molecule has 1 aromatic rings. The molecule has 3 nitrogen and oxygen atoms in total. The molecule has 0 spiro atoms. The highest BCUT2D eigenvalue weighted by atomic mass is 16.5. The number of aryl methyl sites for hydroxylation is 1. The minimum Gasteiger partial charge on any atom is -0.495 e. The summed E-state index contributed by atoms with van der Waals surface area (Å²) in [5.41, 5.74) is 0.760. The molecule has 0 amide bonds. The number of aliphatic hydroxyl groups excluding tert-OH is 1. The fraction of sp³-hybridized carbons (Fsp3) is 0.455. The van der Waals surface area contributed by atoms with Crippen LogP contribution in [0.3, 0.4) is 0 Å². The number of allylic oxidation sites excluding steroid dienone is 1. The maximum absolute atomic E-state index is 9.91. The van der Waals surface area contributed by atoms with Gasteiger partial charge >= 0.3 is 0 Å². The number of hydrogen-bond donors (Lipinski definition) is 1. The molecule has 76 valence electrons. The molecule has 2 heterocycles. The summed E-state index contributed by atoms with van der Waals surface area (Å²) >= 11 is 0. The summed E-state index contributed by atoms with van der Waals surface area (Å²) in [4.78, 5) is 0. The van der Waals surface area contributed by atoms with Crippen LogP contribution in [0.15, 0.2) is 28.6 Å². The lowest BCUT2D eigenvalue weighted by Gasteiger charge is -2.18. The Bertz CT molecular complexity index is 338. The summed E-state index contributed by atoms with van der Waals surface area (Å²) in [6.45, 7) is 2.55. The third-order valence-corrected chi connectivity index (χ3v) is 2.30. The lowest BCUT2D eigenvalue weighted by molar-refractivity contribution is 0.0914. The molecule has 1 atom stereocenters. The van der Waals surface area contributed by atoms with E-state index in [1.165, 1.54) is 0 Å². The standard InChI is InChI=1S/C11H14O3/c1-8-6-9(7-14-8)11(12)10-4-2-3-5-13-10/h4,6-7,11-12H,2-3,5H2,1H3. The fourth-order valence-corrected chi connectivity index (χ4v) is 1.54. The average molecular weight is 194 g/mol. The summed E-state index contributed by atoms with van der Waals surface area (Å²) in [6, 6.07) is 1.82. The third kappa shape index (κ3) is 1.82. The molecule has 1 aliphatic heterocycles. The first-order chi connectivity index (χ1) is 6.77. The van der Waals surface area contributed by atoms with E-state index in [0.717, 1.165) is 24.2 Å². The first-order valence-corrected chi connectivity index (χ1v) is 4.83. The van der Waals surface area contributed by atoms with E-state index in [1.807, 2.05) is 19.1 Å². The van der Waals surface area contributed by atoms with Gasteiger partial charge in [-0.3, -0.25) is 0 Å². The van der Waals surface area contributed by atoms with Gasteiger partial charge in [0.05, 0.1) is 12.9 Å². The Kier molecular flexibility index (Phi) is 2.59. The van der Waals surface area contributed by atoms with E-state index >= 15 is 0 Å². The van der Waals surface area contributed by atoms with Crippen molar-refractivity contribution in [1.29, 1.82) is 0 Å². The van der Waals surface area contributed by atoms with Crippen LogP contribution >= 0.6 is 0 Å². The fourth-order valence-electron chi connectivity index (χ4n) is 1.54. The van der Waals surface area contributed by atoms with E-state index < -0.39 is 6.10 Å². The SMILES string of the molecule is Cc1cc(C(O)C2=CCCCO2)co1. The predicted octanol–water partition coefficient (Wildman–Crippen LogP) is 2.32. The zero-order valence-corrected chi connectivity index (χ0v) is 8.19. The average Bonchev–Trinajstić information content (AvgIpc) is 2.65. The number of aliphatic hydroxyl groups is 1. The van der Waals surface area contributed by atoms with Crippen molar-refractivity contribution in [2.75, 3.05) is 6.61 Å². The van der Waals surface area contributed by atoms with Crippen molar-refractivity contribution in [3.8, 4) is 0 Å². The molecule has 0 bridgehead atoms. The molecule has 0 radical (unpaired) electrons. The van der Waals surface area contributed by atoms with E-state index in [2.05, 4.69) is 0 Å². The summed E-state index contributed by atoms with van der Waals surface area (Å²) in [7, 11) is 0. The molecule has 0 aromatic carbocycles. The van der Waals surface area contributed by atoms with Gasteiger partial charge in [-0.05, 0) is 31.9 Å². The van der Waals surface area contributed by atoms with Crippen LogP contribution in [0.25, 0.3) is 0 Å². The maximum atomic E-state index is 9.91. The molecule has 0 saturated heterocycles. The van der Waals surface area contributed by atoms with Crippen molar-refractivity contribution in [3.63, 3.8) is 0 Å². The molecule has 1 aromatic heterocycles. The summed E-state index contributed by atoms with van der Waals surface area (Å²) in [5, 5.41) is 9.91. The minimum absolute atomic E-state index is 0.650.